The number of hydrogen-bond acceptors (Lipinski definition) is 2. The van der Waals surface area contributed by atoms with Gasteiger partial charge in [0.2, 0.25) is 5.91 Å². The van der Waals surface area contributed by atoms with E-state index in [-0.39, 0.29) is 6.42 Å². The molecule has 0 saturated carbocycles. The number of rotatable bonds is 4. The molecule has 0 aliphatic heterocycles. The average Bonchev–Trinajstić information content (AvgIpc) is 2.15. The lowest BCUT2D eigenvalue weighted by molar-refractivity contribution is -0.123. The van der Waals surface area contributed by atoms with E-state index < -0.39 is 17.5 Å². The monoisotopic (exact) mass is 212 g/mol. The highest BCUT2D eigenvalue weighted by Gasteiger charge is 2.39. The molecular weight excluding hydrogens is 195 g/mol. The summed E-state index contributed by atoms with van der Waals surface area (Å²) in [4.78, 5) is 13.0. The second kappa shape index (κ2) is 4.57. The van der Waals surface area contributed by atoms with Gasteiger partial charge in [-0.1, -0.05) is 18.2 Å². The lowest BCUT2D eigenvalue weighted by Gasteiger charge is -2.30. The summed E-state index contributed by atoms with van der Waals surface area (Å²) >= 11 is 0. The maximum absolute atomic E-state index is 14.4. The summed E-state index contributed by atoms with van der Waals surface area (Å²) in [6, 6.07) is 0. The zero-order chi connectivity index (χ0) is 11.5. The van der Waals surface area contributed by atoms with Crippen molar-refractivity contribution in [2.45, 2.75) is 12.1 Å². The van der Waals surface area contributed by atoms with Gasteiger partial charge in [-0.3, -0.25) is 4.79 Å². The summed E-state index contributed by atoms with van der Waals surface area (Å²) in [5, 5.41) is 0. The molecule has 84 valence electrons. The van der Waals surface area contributed by atoms with Gasteiger partial charge in [0.25, 0.3) is 0 Å². The first-order valence-electron chi connectivity index (χ1n) is 4.95. The molecule has 15 heavy (non-hydrogen) atoms. The van der Waals surface area contributed by atoms with E-state index in [1.807, 2.05) is 19.0 Å². The molecule has 0 aromatic heterocycles. The summed E-state index contributed by atoms with van der Waals surface area (Å²) in [6.45, 7) is 0.582. The molecular formula is C11H17FN2O. The molecule has 0 heterocycles. The first kappa shape index (κ1) is 11.9. The molecule has 1 rings (SSSR count). The minimum atomic E-state index is -1.63. The quantitative estimate of drug-likeness (QED) is 0.751. The number of carbonyl (C=O) groups is 1. The van der Waals surface area contributed by atoms with Gasteiger partial charge >= 0.3 is 0 Å². The van der Waals surface area contributed by atoms with Crippen LogP contribution in [0.3, 0.4) is 0 Å². The molecule has 2 atom stereocenters. The van der Waals surface area contributed by atoms with E-state index in [2.05, 4.69) is 0 Å². The summed E-state index contributed by atoms with van der Waals surface area (Å²) in [7, 11) is 3.73. The van der Waals surface area contributed by atoms with Crippen LogP contribution in [0, 0.1) is 5.92 Å². The van der Waals surface area contributed by atoms with E-state index in [1.54, 1.807) is 12.2 Å². The zero-order valence-corrected chi connectivity index (χ0v) is 9.11. The fraction of sp³-hybridized carbons (Fsp3) is 0.545. The number of hydrogen-bond donors (Lipinski definition) is 1. The number of nitrogens with two attached hydrogens (primary N) is 1. The second-order valence-corrected chi connectivity index (χ2v) is 4.10. The first-order valence-corrected chi connectivity index (χ1v) is 4.95. The number of carbonyl (C=O) groups excluding carboxylic acids is 1. The first-order chi connectivity index (χ1) is 6.96. The Morgan fingerprint density at radius 2 is 2.20 bits per heavy atom. The molecule has 4 heteroatoms. The van der Waals surface area contributed by atoms with Gasteiger partial charge in [0, 0.05) is 6.54 Å². The third-order valence-corrected chi connectivity index (χ3v) is 2.55. The number of halogens is 1. The molecule has 0 fully saturated rings. The van der Waals surface area contributed by atoms with Crippen LogP contribution in [-0.4, -0.2) is 37.1 Å². The topological polar surface area (TPSA) is 46.3 Å². The van der Waals surface area contributed by atoms with Crippen molar-refractivity contribution in [2.75, 3.05) is 20.6 Å². The molecule has 0 aromatic carbocycles. The molecule has 2 unspecified atom stereocenters. The predicted molar refractivity (Wildman–Crippen MR) is 58.0 cm³/mol. The minimum absolute atomic E-state index is 0.272. The van der Waals surface area contributed by atoms with Crippen molar-refractivity contribution in [3.63, 3.8) is 0 Å². The van der Waals surface area contributed by atoms with Gasteiger partial charge in [-0.05, 0) is 26.6 Å². The summed E-state index contributed by atoms with van der Waals surface area (Å²) < 4.78 is 14.4. The van der Waals surface area contributed by atoms with E-state index in [9.17, 15) is 9.18 Å². The van der Waals surface area contributed by atoms with Crippen LogP contribution in [0.2, 0.25) is 0 Å². The van der Waals surface area contributed by atoms with Crippen LogP contribution >= 0.6 is 0 Å². The van der Waals surface area contributed by atoms with Gasteiger partial charge in [0.05, 0.1) is 5.92 Å². The van der Waals surface area contributed by atoms with Gasteiger partial charge in [0.1, 0.15) is 5.67 Å². The molecule has 0 bridgehead atoms. The molecule has 2 N–H and O–H groups in total. The maximum Gasteiger partial charge on any atom is 0.227 e. The summed E-state index contributed by atoms with van der Waals surface area (Å²) in [5.41, 5.74) is 3.54. The van der Waals surface area contributed by atoms with Gasteiger partial charge in [0.15, 0.2) is 0 Å². The molecule has 0 spiro atoms. The van der Waals surface area contributed by atoms with E-state index in [1.165, 1.54) is 12.2 Å². The number of amides is 1. The molecule has 3 nitrogen and oxygen atoms in total. The smallest absolute Gasteiger partial charge is 0.227 e. The fourth-order valence-electron chi connectivity index (χ4n) is 1.62. The number of allylic oxidation sites excluding steroid dienone is 3. The van der Waals surface area contributed by atoms with Crippen LogP contribution in [0.25, 0.3) is 0 Å². The Labute approximate surface area is 89.4 Å². The molecule has 1 aliphatic carbocycles. The lowest BCUT2D eigenvalue weighted by atomic mass is 9.82. The Bertz CT molecular complexity index is 299. The van der Waals surface area contributed by atoms with Crippen LogP contribution in [0.4, 0.5) is 4.39 Å². The Morgan fingerprint density at radius 1 is 1.53 bits per heavy atom. The third kappa shape index (κ3) is 2.89. The van der Waals surface area contributed by atoms with E-state index in [0.29, 0.717) is 6.54 Å². The van der Waals surface area contributed by atoms with Gasteiger partial charge < -0.3 is 10.6 Å². The summed E-state index contributed by atoms with van der Waals surface area (Å²) in [5.74, 6) is -1.46. The van der Waals surface area contributed by atoms with Gasteiger partial charge in [-0.15, -0.1) is 0 Å². The van der Waals surface area contributed by atoms with E-state index in [0.717, 1.165) is 0 Å². The molecule has 1 amide bonds. The Hall–Kier alpha value is -1.16. The predicted octanol–water partition coefficient (Wildman–Crippen LogP) is 0.874. The van der Waals surface area contributed by atoms with Crippen LogP contribution in [-0.2, 0) is 4.79 Å². The lowest BCUT2D eigenvalue weighted by Crippen LogP contribution is -2.42. The minimum Gasteiger partial charge on any atom is -0.369 e. The molecule has 0 radical (unpaired) electrons. The van der Waals surface area contributed by atoms with Crippen molar-refractivity contribution in [1.29, 1.82) is 0 Å². The zero-order valence-electron chi connectivity index (χ0n) is 9.11. The Balaban J connectivity index is 2.74. The maximum atomic E-state index is 14.4. The van der Waals surface area contributed by atoms with E-state index >= 15 is 0 Å². The Morgan fingerprint density at radius 3 is 2.73 bits per heavy atom. The molecule has 0 aromatic rings. The SMILES string of the molecule is CN(C)CCC1(F)C=CC=CC1C(N)=O. The highest BCUT2D eigenvalue weighted by Crippen LogP contribution is 2.32. The largest absolute Gasteiger partial charge is 0.369 e. The standard InChI is InChI=1S/C11H17FN2O/c1-14(2)8-7-11(12)6-4-3-5-9(11)10(13)15/h3-6,9H,7-8H2,1-2H3,(H2,13,15). The number of primary amides is 1. The van der Waals surface area contributed by atoms with Crippen molar-refractivity contribution in [3.05, 3.63) is 24.3 Å². The van der Waals surface area contributed by atoms with Crippen LogP contribution in [0.1, 0.15) is 6.42 Å². The van der Waals surface area contributed by atoms with Crippen molar-refractivity contribution in [3.8, 4) is 0 Å². The number of alkyl halides is 1. The van der Waals surface area contributed by atoms with Crippen molar-refractivity contribution in [1.82, 2.24) is 4.90 Å². The highest BCUT2D eigenvalue weighted by atomic mass is 19.1. The number of nitrogens with zero attached hydrogens (tertiary/aromatic N) is 1. The third-order valence-electron chi connectivity index (χ3n) is 2.55. The van der Waals surface area contributed by atoms with Gasteiger partial charge in [-0.2, -0.15) is 0 Å². The summed E-state index contributed by atoms with van der Waals surface area (Å²) in [6.07, 6.45) is 6.50. The van der Waals surface area contributed by atoms with Crippen molar-refractivity contribution < 1.29 is 9.18 Å². The highest BCUT2D eigenvalue weighted by molar-refractivity contribution is 5.80. The van der Waals surface area contributed by atoms with Crippen molar-refractivity contribution in [2.24, 2.45) is 11.7 Å². The second-order valence-electron chi connectivity index (χ2n) is 4.10. The van der Waals surface area contributed by atoms with Gasteiger partial charge in [-0.25, -0.2) is 4.39 Å². The normalized spacial score (nSPS) is 29.7. The fourth-order valence-corrected chi connectivity index (χ4v) is 1.62. The Kier molecular flexibility index (Phi) is 3.63. The van der Waals surface area contributed by atoms with Crippen LogP contribution in [0.5, 0.6) is 0 Å². The van der Waals surface area contributed by atoms with Crippen molar-refractivity contribution >= 4 is 5.91 Å². The molecule has 0 saturated heterocycles. The van der Waals surface area contributed by atoms with E-state index in [4.69, 9.17) is 5.73 Å². The van der Waals surface area contributed by atoms with Crippen LogP contribution in [0.15, 0.2) is 24.3 Å². The average molecular weight is 212 g/mol. The molecule has 1 aliphatic rings. The van der Waals surface area contributed by atoms with Crippen LogP contribution < -0.4 is 5.73 Å².